The Morgan fingerprint density at radius 3 is 2.48 bits per heavy atom. The number of hydrogen-bond donors (Lipinski definition) is 3. The Labute approximate surface area is 172 Å². The molecule has 0 bridgehead atoms. The van der Waals surface area contributed by atoms with E-state index in [-0.39, 0.29) is 23.9 Å². The van der Waals surface area contributed by atoms with E-state index in [2.05, 4.69) is 17.4 Å². The van der Waals surface area contributed by atoms with Crippen LogP contribution < -0.4 is 15.5 Å². The van der Waals surface area contributed by atoms with E-state index in [0.29, 0.717) is 26.2 Å². The van der Waals surface area contributed by atoms with Crippen LogP contribution in [0, 0.1) is 0 Å². The van der Waals surface area contributed by atoms with Crippen molar-refractivity contribution in [2.45, 2.75) is 25.9 Å². The highest BCUT2D eigenvalue weighted by Crippen LogP contribution is 2.18. The van der Waals surface area contributed by atoms with Crippen LogP contribution in [-0.2, 0) is 9.59 Å². The lowest BCUT2D eigenvalue weighted by atomic mass is 10.0. The summed E-state index contributed by atoms with van der Waals surface area (Å²) >= 11 is 0. The van der Waals surface area contributed by atoms with Crippen LogP contribution in [0.4, 0.5) is 0 Å². The number of nitrogens with one attached hydrogen (secondary N) is 2. The zero-order chi connectivity index (χ0) is 20.6. The lowest BCUT2D eigenvalue weighted by Gasteiger charge is -2.31. The van der Waals surface area contributed by atoms with E-state index >= 15 is 0 Å². The van der Waals surface area contributed by atoms with E-state index < -0.39 is 0 Å². The predicted octanol–water partition coefficient (Wildman–Crippen LogP) is -0.816. The minimum Gasteiger partial charge on any atom is -0.463 e. The van der Waals surface area contributed by atoms with Crippen LogP contribution in [0.1, 0.15) is 31.2 Å². The van der Waals surface area contributed by atoms with Gasteiger partial charge >= 0.3 is 0 Å². The van der Waals surface area contributed by atoms with E-state index in [1.165, 1.54) is 4.90 Å². The number of carbonyl (C=O) groups is 2. The molecule has 2 aromatic rings. The highest BCUT2D eigenvalue weighted by Gasteiger charge is 2.28. The zero-order valence-electron chi connectivity index (χ0n) is 17.3. The Bertz CT molecular complexity index is 769. The molecule has 0 unspecified atom stereocenters. The van der Waals surface area contributed by atoms with Crippen molar-refractivity contribution in [3.05, 3.63) is 60.1 Å². The first-order chi connectivity index (χ1) is 14.0. The number of carbonyl (C=O) groups excluding carboxylic acids is 2. The maximum Gasteiger partial charge on any atom is 0.278 e. The van der Waals surface area contributed by atoms with E-state index in [0.717, 1.165) is 24.4 Å². The van der Waals surface area contributed by atoms with Crippen LogP contribution in [0.25, 0.3) is 0 Å². The first-order valence-corrected chi connectivity index (χ1v) is 10.4. The molecule has 1 aromatic heterocycles. The molecule has 0 aliphatic carbocycles. The van der Waals surface area contributed by atoms with Crippen LogP contribution in [-0.4, -0.2) is 62.0 Å². The van der Waals surface area contributed by atoms with Crippen LogP contribution in [0.3, 0.4) is 0 Å². The molecule has 156 valence electrons. The van der Waals surface area contributed by atoms with Crippen molar-refractivity contribution < 1.29 is 24.2 Å². The van der Waals surface area contributed by atoms with E-state index in [9.17, 15) is 9.59 Å². The summed E-state index contributed by atoms with van der Waals surface area (Å²) in [5, 5.41) is 4.97. The lowest BCUT2D eigenvalue weighted by Crippen LogP contribution is -3.16. The van der Waals surface area contributed by atoms with Crippen molar-refractivity contribution >= 4 is 11.8 Å². The summed E-state index contributed by atoms with van der Waals surface area (Å²) in [5.74, 6) is 1.05. The topological polar surface area (TPSA) is 83.6 Å². The van der Waals surface area contributed by atoms with Crippen LogP contribution in [0.5, 0.6) is 0 Å². The molecule has 4 N–H and O–H groups in total. The van der Waals surface area contributed by atoms with Crippen molar-refractivity contribution in [2.75, 3.05) is 39.3 Å². The molecule has 1 atom stereocenters. The number of amides is 2. The van der Waals surface area contributed by atoms with Crippen molar-refractivity contribution in [2.24, 2.45) is 0 Å². The molecular weight excluding hydrogens is 368 g/mol. The molecule has 0 spiro atoms. The largest absolute Gasteiger partial charge is 0.463 e. The van der Waals surface area contributed by atoms with Crippen LogP contribution >= 0.6 is 0 Å². The Balaban J connectivity index is 1.49. The summed E-state index contributed by atoms with van der Waals surface area (Å²) in [4.78, 5) is 27.8. The Kier molecular flexibility index (Phi) is 7.43. The molecule has 0 radical (unpaired) electrons. The van der Waals surface area contributed by atoms with Gasteiger partial charge in [-0.2, -0.15) is 0 Å². The number of nitrogens with two attached hydrogens (primary N) is 1. The van der Waals surface area contributed by atoms with Gasteiger partial charge in [-0.1, -0.05) is 30.3 Å². The number of benzene rings is 1. The second kappa shape index (κ2) is 10.2. The molecule has 7 heteroatoms. The SMILES string of the molecule is CC(C)NC(=O)C[NH+]1CCN(C(=O)C[NH2+][C@@H](c2ccccc2)c2ccco2)CC1. The number of quaternary nitrogens is 2. The van der Waals surface area contributed by atoms with Crippen LogP contribution in [0.15, 0.2) is 53.1 Å². The molecule has 1 aliphatic rings. The standard InChI is InChI=1S/C22H30N4O3/c1-17(2)24-20(27)16-25-10-12-26(13-11-25)21(28)15-23-22(19-9-6-14-29-19)18-7-4-3-5-8-18/h3-9,14,17,22-23H,10-13,15-16H2,1-2H3,(H,24,27)/p+2/t22-/m0/s1. The van der Waals surface area contributed by atoms with E-state index in [4.69, 9.17) is 4.42 Å². The molecule has 1 aliphatic heterocycles. The molecule has 1 saturated heterocycles. The Morgan fingerprint density at radius 1 is 1.14 bits per heavy atom. The number of rotatable bonds is 8. The summed E-state index contributed by atoms with van der Waals surface area (Å²) in [6, 6.07) is 14.0. The maximum atomic E-state index is 12.8. The monoisotopic (exact) mass is 400 g/mol. The molecule has 7 nitrogen and oxygen atoms in total. The number of hydrogen-bond acceptors (Lipinski definition) is 3. The quantitative estimate of drug-likeness (QED) is 0.542. The third-order valence-corrected chi connectivity index (χ3v) is 5.22. The average molecular weight is 401 g/mol. The van der Waals surface area contributed by atoms with Crippen molar-refractivity contribution in [3.63, 3.8) is 0 Å². The van der Waals surface area contributed by atoms with Gasteiger partial charge < -0.3 is 24.9 Å². The zero-order valence-corrected chi connectivity index (χ0v) is 17.3. The maximum absolute atomic E-state index is 12.8. The lowest BCUT2D eigenvalue weighted by molar-refractivity contribution is -0.896. The summed E-state index contributed by atoms with van der Waals surface area (Å²) in [5.41, 5.74) is 1.11. The molecular formula is C22H32N4O3+2. The molecule has 2 amide bonds. The third-order valence-electron chi connectivity index (χ3n) is 5.22. The smallest absolute Gasteiger partial charge is 0.278 e. The van der Waals surface area contributed by atoms with E-state index in [1.54, 1.807) is 6.26 Å². The summed E-state index contributed by atoms with van der Waals surface area (Å²) in [6.07, 6.45) is 1.67. The normalized spacial score (nSPS) is 16.0. The van der Waals surface area contributed by atoms with Gasteiger partial charge in [-0.25, -0.2) is 0 Å². The van der Waals surface area contributed by atoms with Gasteiger partial charge in [0, 0.05) is 11.6 Å². The average Bonchev–Trinajstić information content (AvgIpc) is 3.23. The van der Waals surface area contributed by atoms with Gasteiger partial charge in [0.2, 0.25) is 0 Å². The Morgan fingerprint density at radius 2 is 1.86 bits per heavy atom. The number of nitrogens with zero attached hydrogens (tertiary/aromatic N) is 1. The predicted molar refractivity (Wildman–Crippen MR) is 109 cm³/mol. The van der Waals surface area contributed by atoms with Gasteiger partial charge in [0.25, 0.3) is 11.8 Å². The molecule has 2 heterocycles. The summed E-state index contributed by atoms with van der Waals surface area (Å²) in [6.45, 7) is 7.75. The number of piperazine rings is 1. The fourth-order valence-electron chi connectivity index (χ4n) is 3.74. The highest BCUT2D eigenvalue weighted by molar-refractivity contribution is 5.77. The van der Waals surface area contributed by atoms with Gasteiger partial charge in [0.15, 0.2) is 24.9 Å². The first kappa shape index (κ1) is 21.1. The third kappa shape index (κ3) is 6.17. The minimum absolute atomic E-state index is 0.0400. The second-order valence-corrected chi connectivity index (χ2v) is 7.87. The van der Waals surface area contributed by atoms with Crippen molar-refractivity contribution in [3.8, 4) is 0 Å². The van der Waals surface area contributed by atoms with Crippen molar-refractivity contribution in [1.82, 2.24) is 10.2 Å². The molecule has 0 saturated carbocycles. The summed E-state index contributed by atoms with van der Waals surface area (Å²) < 4.78 is 5.61. The Hall–Kier alpha value is -2.64. The van der Waals surface area contributed by atoms with Gasteiger partial charge in [-0.05, 0) is 26.0 Å². The minimum atomic E-state index is -0.0400. The molecule has 1 fully saturated rings. The second-order valence-electron chi connectivity index (χ2n) is 7.87. The molecule has 1 aromatic carbocycles. The first-order valence-electron chi connectivity index (χ1n) is 10.4. The van der Waals surface area contributed by atoms with Crippen LogP contribution in [0.2, 0.25) is 0 Å². The van der Waals surface area contributed by atoms with Gasteiger partial charge in [-0.3, -0.25) is 9.59 Å². The molecule has 3 rings (SSSR count). The molecule has 29 heavy (non-hydrogen) atoms. The fraction of sp³-hybridized carbons (Fsp3) is 0.455. The number of furan rings is 1. The van der Waals surface area contributed by atoms with Gasteiger partial charge in [0.1, 0.15) is 0 Å². The van der Waals surface area contributed by atoms with Gasteiger partial charge in [0.05, 0.1) is 32.4 Å². The highest BCUT2D eigenvalue weighted by atomic mass is 16.3. The van der Waals surface area contributed by atoms with Gasteiger partial charge in [-0.15, -0.1) is 0 Å². The summed E-state index contributed by atoms with van der Waals surface area (Å²) in [7, 11) is 0. The van der Waals surface area contributed by atoms with Crippen molar-refractivity contribution in [1.29, 1.82) is 0 Å². The fourth-order valence-corrected chi connectivity index (χ4v) is 3.74. The van der Waals surface area contributed by atoms with E-state index in [1.807, 2.05) is 54.4 Å².